The lowest BCUT2D eigenvalue weighted by Crippen LogP contribution is -2.61. The van der Waals surface area contributed by atoms with Crippen LogP contribution in [0.25, 0.3) is 0 Å². The van der Waals surface area contributed by atoms with Gasteiger partial charge in [-0.15, -0.1) is 0 Å². The first-order chi connectivity index (χ1) is 9.81. The molecule has 1 aliphatic rings. The molecule has 1 aliphatic heterocycles. The fourth-order valence-corrected chi connectivity index (χ4v) is 2.62. The van der Waals surface area contributed by atoms with Gasteiger partial charge in [-0.1, -0.05) is 30.3 Å². The Morgan fingerprint density at radius 3 is 2.62 bits per heavy atom. The predicted molar refractivity (Wildman–Crippen MR) is 83.1 cm³/mol. The molecule has 1 aromatic carbocycles. The molecule has 0 unspecified atom stereocenters. The van der Waals surface area contributed by atoms with E-state index in [0.717, 1.165) is 5.56 Å². The molecule has 2 atom stereocenters. The van der Waals surface area contributed by atoms with Crippen LogP contribution in [-0.2, 0) is 11.2 Å². The largest absolute Gasteiger partial charge is 0.444 e. The summed E-state index contributed by atoms with van der Waals surface area (Å²) >= 11 is 0. The van der Waals surface area contributed by atoms with E-state index < -0.39 is 17.2 Å². The average molecular weight is 291 g/mol. The summed E-state index contributed by atoms with van der Waals surface area (Å²) in [5.74, 6) is 0. The molecule has 0 saturated carbocycles. The Bertz CT molecular complexity index is 484. The first-order valence-corrected chi connectivity index (χ1v) is 7.32. The molecule has 1 heterocycles. The third-order valence-corrected chi connectivity index (χ3v) is 3.63. The van der Waals surface area contributed by atoms with Crippen LogP contribution < -0.4 is 16.4 Å². The summed E-state index contributed by atoms with van der Waals surface area (Å²) in [6, 6.07) is 9.90. The van der Waals surface area contributed by atoms with Gasteiger partial charge in [0.15, 0.2) is 0 Å². The summed E-state index contributed by atoms with van der Waals surface area (Å²) < 4.78 is 5.38. The molecule has 1 aromatic rings. The minimum Gasteiger partial charge on any atom is -0.444 e. The van der Waals surface area contributed by atoms with Crippen LogP contribution in [0.3, 0.4) is 0 Å². The number of benzene rings is 1. The molecule has 1 fully saturated rings. The maximum atomic E-state index is 12.1. The van der Waals surface area contributed by atoms with Crippen LogP contribution in [0.1, 0.15) is 26.3 Å². The van der Waals surface area contributed by atoms with E-state index in [1.165, 1.54) is 0 Å². The number of nitrogens with one attached hydrogen (secondary N) is 2. The van der Waals surface area contributed by atoms with E-state index in [4.69, 9.17) is 10.5 Å². The van der Waals surface area contributed by atoms with Gasteiger partial charge in [0.2, 0.25) is 0 Å². The lowest BCUT2D eigenvalue weighted by Gasteiger charge is -2.34. The number of hydrogen-bond acceptors (Lipinski definition) is 4. The van der Waals surface area contributed by atoms with E-state index in [-0.39, 0.29) is 6.04 Å². The molecule has 0 radical (unpaired) electrons. The third-order valence-electron chi connectivity index (χ3n) is 3.63. The molecule has 0 spiro atoms. The number of hydrogen-bond donors (Lipinski definition) is 3. The van der Waals surface area contributed by atoms with E-state index in [2.05, 4.69) is 10.6 Å². The Kier molecular flexibility index (Phi) is 4.54. The van der Waals surface area contributed by atoms with Gasteiger partial charge in [0.25, 0.3) is 0 Å². The second-order valence-electron chi connectivity index (χ2n) is 6.68. The molecule has 116 valence electrons. The molecule has 5 heteroatoms. The van der Waals surface area contributed by atoms with E-state index >= 15 is 0 Å². The highest BCUT2D eigenvalue weighted by atomic mass is 16.6. The quantitative estimate of drug-likeness (QED) is 0.787. The maximum Gasteiger partial charge on any atom is 0.408 e. The van der Waals surface area contributed by atoms with Crippen molar-refractivity contribution >= 4 is 6.09 Å². The molecule has 0 aromatic heterocycles. The fraction of sp³-hybridized carbons (Fsp3) is 0.562. The zero-order valence-electron chi connectivity index (χ0n) is 13.0. The molecular formula is C16H25N3O2. The minimum absolute atomic E-state index is 0.148. The van der Waals surface area contributed by atoms with Gasteiger partial charge in [-0.25, -0.2) is 4.79 Å². The summed E-state index contributed by atoms with van der Waals surface area (Å²) in [5, 5.41) is 6.25. The second kappa shape index (κ2) is 6.03. The summed E-state index contributed by atoms with van der Waals surface area (Å²) in [4.78, 5) is 12.1. The molecule has 1 amide bonds. The van der Waals surface area contributed by atoms with Crippen molar-refractivity contribution in [2.24, 2.45) is 5.73 Å². The molecule has 0 aliphatic carbocycles. The van der Waals surface area contributed by atoms with Crippen LogP contribution in [0, 0.1) is 0 Å². The summed E-state index contributed by atoms with van der Waals surface area (Å²) in [6.07, 6.45) is 0.263. The molecule has 1 saturated heterocycles. The number of nitrogens with two attached hydrogens (primary N) is 1. The average Bonchev–Trinajstić information content (AvgIpc) is 2.69. The SMILES string of the molecule is CC(C)(C)OC(=O)N[C@@]1(Cc2ccccc2)CNC[C@@H]1N. The smallest absolute Gasteiger partial charge is 0.408 e. The van der Waals surface area contributed by atoms with E-state index in [0.29, 0.717) is 19.5 Å². The van der Waals surface area contributed by atoms with Gasteiger partial charge in [-0.05, 0) is 32.8 Å². The Morgan fingerprint density at radius 1 is 1.43 bits per heavy atom. The number of carbonyl (C=O) groups is 1. The zero-order chi connectivity index (χ0) is 15.5. The zero-order valence-corrected chi connectivity index (χ0v) is 13.0. The maximum absolute atomic E-state index is 12.1. The lowest BCUT2D eigenvalue weighted by molar-refractivity contribution is 0.0454. The highest BCUT2D eigenvalue weighted by Gasteiger charge is 2.43. The Hall–Kier alpha value is -1.59. The van der Waals surface area contributed by atoms with Crippen LogP contribution in [0.2, 0.25) is 0 Å². The first kappa shape index (κ1) is 15.8. The Balaban J connectivity index is 2.13. The molecule has 2 rings (SSSR count). The topological polar surface area (TPSA) is 76.4 Å². The standard InChI is InChI=1S/C16H25N3O2/c1-15(2,3)21-14(20)19-16(11-18-10-13(16)17)9-12-7-5-4-6-8-12/h4-8,13,18H,9-11,17H2,1-3H3,(H,19,20)/t13-,16-/m0/s1. The summed E-state index contributed by atoms with van der Waals surface area (Å²) in [7, 11) is 0. The van der Waals surface area contributed by atoms with Crippen LogP contribution in [-0.4, -0.2) is 36.4 Å². The van der Waals surface area contributed by atoms with E-state index in [1.807, 2.05) is 51.1 Å². The summed E-state index contributed by atoms with van der Waals surface area (Å²) in [5.41, 5.74) is 6.36. The van der Waals surface area contributed by atoms with Crippen molar-refractivity contribution in [1.29, 1.82) is 0 Å². The van der Waals surface area contributed by atoms with E-state index in [9.17, 15) is 4.79 Å². The van der Waals surface area contributed by atoms with Gasteiger partial charge < -0.3 is 21.1 Å². The molecular weight excluding hydrogens is 266 g/mol. The lowest BCUT2D eigenvalue weighted by atomic mass is 9.86. The predicted octanol–water partition coefficient (Wildman–Crippen LogP) is 1.42. The van der Waals surface area contributed by atoms with Crippen LogP contribution in [0.4, 0.5) is 4.79 Å². The highest BCUT2D eigenvalue weighted by molar-refractivity contribution is 5.69. The van der Waals surface area contributed by atoms with Gasteiger partial charge in [-0.3, -0.25) is 0 Å². The number of ether oxygens (including phenoxy) is 1. The number of carbonyl (C=O) groups excluding carboxylic acids is 1. The Labute approximate surface area is 126 Å². The van der Waals surface area contributed by atoms with Crippen molar-refractivity contribution in [3.8, 4) is 0 Å². The molecule has 0 bridgehead atoms. The number of rotatable bonds is 3. The highest BCUT2D eigenvalue weighted by Crippen LogP contribution is 2.21. The molecule has 5 nitrogen and oxygen atoms in total. The third kappa shape index (κ3) is 4.19. The number of alkyl carbamates (subject to hydrolysis) is 1. The van der Waals surface area contributed by atoms with Gasteiger partial charge >= 0.3 is 6.09 Å². The van der Waals surface area contributed by atoms with Crippen molar-refractivity contribution in [3.05, 3.63) is 35.9 Å². The molecule has 21 heavy (non-hydrogen) atoms. The molecule has 4 N–H and O–H groups in total. The fourth-order valence-electron chi connectivity index (χ4n) is 2.62. The Morgan fingerprint density at radius 2 is 2.10 bits per heavy atom. The van der Waals surface area contributed by atoms with Crippen molar-refractivity contribution in [2.45, 2.75) is 44.4 Å². The number of amides is 1. The first-order valence-electron chi connectivity index (χ1n) is 7.32. The van der Waals surface area contributed by atoms with Crippen molar-refractivity contribution in [1.82, 2.24) is 10.6 Å². The van der Waals surface area contributed by atoms with Crippen LogP contribution >= 0.6 is 0 Å². The van der Waals surface area contributed by atoms with Gasteiger partial charge in [0.1, 0.15) is 5.60 Å². The van der Waals surface area contributed by atoms with Gasteiger partial charge in [0.05, 0.1) is 5.54 Å². The van der Waals surface area contributed by atoms with Crippen molar-refractivity contribution < 1.29 is 9.53 Å². The normalized spacial score (nSPS) is 25.6. The van der Waals surface area contributed by atoms with Gasteiger partial charge in [-0.2, -0.15) is 0 Å². The van der Waals surface area contributed by atoms with Gasteiger partial charge in [0, 0.05) is 19.1 Å². The minimum atomic E-state index is -0.520. The van der Waals surface area contributed by atoms with Crippen molar-refractivity contribution in [3.63, 3.8) is 0 Å². The summed E-state index contributed by atoms with van der Waals surface area (Å²) in [6.45, 7) is 6.88. The van der Waals surface area contributed by atoms with Crippen LogP contribution in [0.5, 0.6) is 0 Å². The second-order valence-corrected chi connectivity index (χ2v) is 6.68. The van der Waals surface area contributed by atoms with E-state index in [1.54, 1.807) is 0 Å². The van der Waals surface area contributed by atoms with Crippen LogP contribution in [0.15, 0.2) is 30.3 Å². The van der Waals surface area contributed by atoms with Crippen molar-refractivity contribution in [2.75, 3.05) is 13.1 Å². The monoisotopic (exact) mass is 291 g/mol.